The van der Waals surface area contributed by atoms with Crippen LogP contribution in [0, 0.1) is 70.0 Å². The summed E-state index contributed by atoms with van der Waals surface area (Å²) in [6, 6.07) is 13.6. The second-order valence-electron chi connectivity index (χ2n) is 53.1. The molecule has 0 aromatic heterocycles. The van der Waals surface area contributed by atoms with E-state index in [1.165, 1.54) is 228 Å². The highest BCUT2D eigenvalue weighted by Gasteiger charge is 2.46. The second-order valence-corrected chi connectivity index (χ2v) is 53.1. The van der Waals surface area contributed by atoms with Gasteiger partial charge in [0.2, 0.25) is 0 Å². The molecule has 0 radical (unpaired) electrons. The molecule has 11 rings (SSSR count). The lowest BCUT2D eigenvalue weighted by Gasteiger charge is -2.50. The van der Waals surface area contributed by atoms with Crippen LogP contribution in [0.25, 0.3) is 0 Å². The molecule has 11 heterocycles. The van der Waals surface area contributed by atoms with Gasteiger partial charge < -0.3 is 51.3 Å². The van der Waals surface area contributed by atoms with Gasteiger partial charge in [-0.05, 0) is 395 Å². The zero-order chi connectivity index (χ0) is 104. The first kappa shape index (κ1) is 131. The van der Waals surface area contributed by atoms with Gasteiger partial charge >= 0.3 is 0 Å². The van der Waals surface area contributed by atoms with Crippen LogP contribution >= 0.6 is 0 Å². The van der Waals surface area contributed by atoms with Crippen LogP contribution in [-0.2, 0) is 0 Å². The van der Waals surface area contributed by atoms with Crippen LogP contribution in [0.1, 0.15) is 375 Å². The molecule has 6 N–H and O–H groups in total. The van der Waals surface area contributed by atoms with Crippen molar-refractivity contribution in [3.63, 3.8) is 0 Å². The number of aliphatic hydroxyl groups is 1. The number of likely N-dealkylation sites (tertiary alicyclic amines) is 9. The van der Waals surface area contributed by atoms with E-state index in [-0.39, 0.29) is 0 Å². The number of hydrogen-bond donors (Lipinski definition) is 5. The van der Waals surface area contributed by atoms with Gasteiger partial charge in [0, 0.05) is 264 Å². The van der Waals surface area contributed by atoms with Gasteiger partial charge in [-0.2, -0.15) is 0 Å². The van der Waals surface area contributed by atoms with Gasteiger partial charge in [0.1, 0.15) is 0 Å². The molecule has 0 aromatic carbocycles. The molecule has 0 aromatic rings. The molecule has 0 amide bonds. The third kappa shape index (κ3) is 50.3. The minimum absolute atomic E-state index is 0.330. The summed E-state index contributed by atoms with van der Waals surface area (Å²) in [7, 11) is 6.55. The molecule has 11 atom stereocenters. The number of nitrogens with one attached hydrogen (secondary N) is 3. The number of nitrogens with two attached hydrogens (primary N) is 1. The monoisotopic (exact) mass is 1920 g/mol. The largest absolute Gasteiger partial charge is 0.396 e. The van der Waals surface area contributed by atoms with Crippen LogP contribution in [0.3, 0.4) is 0 Å². The highest BCUT2D eigenvalue weighted by atomic mass is 16.3. The maximum absolute atomic E-state index is 9.32. The summed E-state index contributed by atoms with van der Waals surface area (Å²) in [5.41, 5.74) is 7.69. The number of nitrogens with zero attached hydrogens (tertiary/aromatic N) is 14. The fourth-order valence-corrected chi connectivity index (χ4v) is 24.3. The molecule has 0 bridgehead atoms. The average molecular weight is 1930 g/mol. The van der Waals surface area contributed by atoms with Gasteiger partial charge in [0.15, 0.2) is 0 Å². The second kappa shape index (κ2) is 65.8. The Morgan fingerprint density at radius 3 is 0.971 bits per heavy atom. The maximum Gasteiger partial charge on any atom is 0.0474 e. The normalized spacial score (nSPS) is 27.6. The van der Waals surface area contributed by atoms with Crippen molar-refractivity contribution < 1.29 is 5.11 Å². The van der Waals surface area contributed by atoms with E-state index < -0.39 is 0 Å². The van der Waals surface area contributed by atoms with Gasteiger partial charge in [-0.1, -0.05) is 104 Å². The molecule has 1 spiro atoms. The minimum Gasteiger partial charge on any atom is -0.396 e. The van der Waals surface area contributed by atoms with E-state index in [1.54, 1.807) is 0 Å². The summed E-state index contributed by atoms with van der Waals surface area (Å²) in [6.07, 6.45) is 16.3. The molecular formula is C117H250N18O. The number of piperidine rings is 2. The van der Waals surface area contributed by atoms with Crippen LogP contribution in [0.15, 0.2) is 0 Å². The Morgan fingerprint density at radius 2 is 0.632 bits per heavy atom. The summed E-state index contributed by atoms with van der Waals surface area (Å²) >= 11 is 0. The number of rotatable bonds is 30. The highest BCUT2D eigenvalue weighted by Crippen LogP contribution is 2.42. The quantitative estimate of drug-likeness (QED) is 0.0468. The number of hydrogen-bond acceptors (Lipinski definition) is 19. The van der Waals surface area contributed by atoms with Gasteiger partial charge in [-0.15, -0.1) is 0 Å². The van der Waals surface area contributed by atoms with E-state index in [1.807, 2.05) is 0 Å². The molecule has 11 aliphatic rings. The van der Waals surface area contributed by atoms with Gasteiger partial charge in [-0.3, -0.25) is 44.1 Å². The first-order valence-electron chi connectivity index (χ1n) is 58.0. The molecule has 0 aliphatic carbocycles. The molecule has 136 heavy (non-hydrogen) atoms. The van der Waals surface area contributed by atoms with Crippen LogP contribution in [0.4, 0.5) is 0 Å². The Morgan fingerprint density at radius 1 is 0.309 bits per heavy atom. The predicted molar refractivity (Wildman–Crippen MR) is 604 cm³/mol. The van der Waals surface area contributed by atoms with Crippen molar-refractivity contribution >= 4 is 0 Å². The SMILES string of the molecule is CC(C)CC1(C)CCN(C(C)C)C1.CC(C)CC1CN(C(C)C)CC1CO.CC(C)CC1CN(C(C)C)CC1N.CC(C)CC1CN(C(C)C)CC1N(C)C.CC(C)N1CCC2(CCN(C(C)C)C2)C1.CC(C)N1CCN(C(C)C)C(C)(C)C1.CC(C)N1CCN(C(C)C)CC1.CC(C)NC1CCCN(C(C)C)C1.CC(C)NC1CCCN(C(C)C)C1.CNC1CN(C(C)C)CC1CC(C)C. The Hall–Kier alpha value is -0.760. The van der Waals surface area contributed by atoms with Crippen LogP contribution in [0.2, 0.25) is 0 Å². The molecule has 19 nitrogen and oxygen atoms in total. The van der Waals surface area contributed by atoms with E-state index in [0.29, 0.717) is 107 Å². The van der Waals surface area contributed by atoms with Gasteiger partial charge in [0.25, 0.3) is 0 Å². The van der Waals surface area contributed by atoms with Gasteiger partial charge in [-0.25, -0.2) is 0 Å². The van der Waals surface area contributed by atoms with Crippen molar-refractivity contribution in [1.29, 1.82) is 0 Å². The summed E-state index contributed by atoms with van der Waals surface area (Å²) < 4.78 is 0. The number of piperazine rings is 2. The third-order valence-corrected chi connectivity index (χ3v) is 32.6. The van der Waals surface area contributed by atoms with E-state index in [0.717, 1.165) is 109 Å². The molecule has 11 fully saturated rings. The zero-order valence-electron chi connectivity index (χ0n) is 100. The lowest BCUT2D eigenvalue weighted by Crippen LogP contribution is -2.62. The van der Waals surface area contributed by atoms with Crippen molar-refractivity contribution in [1.82, 2.24) is 84.5 Å². The zero-order valence-corrected chi connectivity index (χ0v) is 100. The molecule has 11 saturated heterocycles. The molecule has 19 heteroatoms. The van der Waals surface area contributed by atoms with Crippen molar-refractivity contribution in [3.8, 4) is 0 Å². The average Bonchev–Trinajstić information content (AvgIpc) is 1.65. The Labute approximate surface area is 852 Å². The highest BCUT2D eigenvalue weighted by molar-refractivity contribution is 5.00. The minimum atomic E-state index is 0.330. The van der Waals surface area contributed by atoms with Crippen LogP contribution in [-0.4, -0.2) is 391 Å². The summed E-state index contributed by atoms with van der Waals surface area (Å²) in [4.78, 5) is 36.0. The third-order valence-electron chi connectivity index (χ3n) is 32.6. The smallest absolute Gasteiger partial charge is 0.0474 e. The fraction of sp³-hybridized carbons (Fsp3) is 1.00. The van der Waals surface area contributed by atoms with Crippen LogP contribution < -0.4 is 21.7 Å². The fourth-order valence-electron chi connectivity index (χ4n) is 24.3. The van der Waals surface area contributed by atoms with Crippen molar-refractivity contribution in [3.05, 3.63) is 0 Å². The molecule has 11 aliphatic heterocycles. The van der Waals surface area contributed by atoms with Crippen molar-refractivity contribution in [2.75, 3.05) is 191 Å². The molecule has 11 unspecified atom stereocenters. The Balaban J connectivity index is 0.000000511. The molecule has 0 saturated carbocycles. The first-order valence-corrected chi connectivity index (χ1v) is 58.0. The number of aliphatic hydroxyl groups excluding tert-OH is 1. The standard InChI is InChI=1S/C13H26N2.C13H28N2.2C12H26N2.C12H25NO.C12H25N.3C11H24N2.C10H22N2/c1-11(2)14-7-5-13(9-14)6-8-15(10-13)12(3)4;1-10(2)7-12-8-15(11(3)4)9-13(12)14(5)6;1-9(2)6-11-7-14(10(3)4)8-12(11)13-5;1-10(2)13-7-8-14(11(3)4)12(5,6)9-13;1-9(2)5-11-6-13(10(3)4)7-12(11)8-14;1-10(2)8-12(5)6-7-13(9-12)11(3)4;1-8(2)5-10-6-13(9(3)4)7-11(10)12;2*1-9(2)12-11-6-5-7-13(8-11)10(3)4;1-9(2)11-5-7-12(8-6-11)10(3)4/h11-12H,5-10H2,1-4H3;10-13H,7-9H2,1-6H3;9-13H,6-8H2,1-5H3;10-11H,7-9H2,1-6H3;9-12,14H,5-8H2,1-4H3;10-11H,6-9H2,1-5H3;8-11H,5-7,12H2,1-4H3;2*9-12H,5-8H2,1-4H3;9-10H,5-8H2,1-4H3. The Bertz CT molecular complexity index is 2790. The Kier molecular flexibility index (Phi) is 63.6. The predicted octanol–water partition coefficient (Wildman–Crippen LogP) is 20.6. The number of likely N-dealkylation sites (N-methyl/N-ethyl adjacent to an activating group) is 2. The maximum atomic E-state index is 9.32. The topological polar surface area (TPSA) is 128 Å². The summed E-state index contributed by atoms with van der Waals surface area (Å²) in [5, 5.41) is 20.0. The molecule has 814 valence electrons. The lowest BCUT2D eigenvalue weighted by molar-refractivity contribution is -0.0129. The van der Waals surface area contributed by atoms with E-state index in [4.69, 9.17) is 5.73 Å². The first-order chi connectivity index (χ1) is 63.1. The van der Waals surface area contributed by atoms with Crippen molar-refractivity contribution in [2.45, 2.75) is 501 Å². The van der Waals surface area contributed by atoms with Crippen molar-refractivity contribution in [2.24, 2.45) is 75.7 Å². The van der Waals surface area contributed by atoms with E-state index >= 15 is 0 Å². The summed E-state index contributed by atoms with van der Waals surface area (Å²) in [6.45, 7) is 130. The van der Waals surface area contributed by atoms with Gasteiger partial charge in [0.05, 0.1) is 0 Å². The summed E-state index contributed by atoms with van der Waals surface area (Å²) in [5.74, 6) is 7.68. The lowest BCUT2D eigenvalue weighted by atomic mass is 9.81. The van der Waals surface area contributed by atoms with E-state index in [2.05, 4.69) is 403 Å². The molecular weight excluding hydrogens is 1670 g/mol. The van der Waals surface area contributed by atoms with E-state index in [9.17, 15) is 5.11 Å². The van der Waals surface area contributed by atoms with Crippen LogP contribution in [0.5, 0.6) is 0 Å².